The van der Waals surface area contributed by atoms with Gasteiger partial charge in [-0.3, -0.25) is 4.90 Å². The number of cyclic esters (lactones) is 1. The summed E-state index contributed by atoms with van der Waals surface area (Å²) in [5.74, 6) is -0.595. The normalized spacial score (nSPS) is 18.8. The molecule has 1 aromatic carbocycles. The van der Waals surface area contributed by atoms with Crippen LogP contribution in [0.15, 0.2) is 24.3 Å². The second-order valence-electron chi connectivity index (χ2n) is 4.96. The quantitative estimate of drug-likeness (QED) is 0.904. The fourth-order valence-electron chi connectivity index (χ4n) is 2.03. The van der Waals surface area contributed by atoms with Crippen LogP contribution in [0, 0.1) is 0 Å². The van der Waals surface area contributed by atoms with E-state index in [-0.39, 0.29) is 13.2 Å². The number of carbonyl (C=O) groups excluding carboxylic acids is 1. The van der Waals surface area contributed by atoms with Gasteiger partial charge in [-0.05, 0) is 17.0 Å². The number of rotatable bonds is 4. The summed E-state index contributed by atoms with van der Waals surface area (Å²) in [6.45, 7) is 4.38. The topological polar surface area (TPSA) is 66.8 Å². The molecule has 5 nitrogen and oxygen atoms in total. The number of hydrogen-bond acceptors (Lipinski definition) is 3. The predicted molar refractivity (Wildman–Crippen MR) is 68.8 cm³/mol. The molecule has 0 radical (unpaired) electrons. The number of amides is 1. The second kappa shape index (κ2) is 5.30. The molecule has 1 aliphatic heterocycles. The molecule has 1 aromatic rings. The Morgan fingerprint density at radius 1 is 1.42 bits per heavy atom. The molecule has 1 heterocycles. The van der Waals surface area contributed by atoms with Gasteiger partial charge in [0.1, 0.15) is 6.61 Å². The van der Waals surface area contributed by atoms with E-state index in [0.717, 1.165) is 5.56 Å². The Morgan fingerprint density at radius 2 is 2.05 bits per heavy atom. The Balaban J connectivity index is 2.11. The monoisotopic (exact) mass is 263 g/mol. The smallest absolute Gasteiger partial charge is 0.411 e. The first-order chi connectivity index (χ1) is 8.99. The Labute approximate surface area is 111 Å². The highest BCUT2D eigenvalue weighted by Crippen LogP contribution is 2.19. The van der Waals surface area contributed by atoms with Gasteiger partial charge >= 0.3 is 12.1 Å². The van der Waals surface area contributed by atoms with Crippen molar-refractivity contribution in [3.05, 3.63) is 35.4 Å². The first-order valence-electron chi connectivity index (χ1n) is 6.24. The van der Waals surface area contributed by atoms with Gasteiger partial charge in [-0.15, -0.1) is 0 Å². The first-order valence-corrected chi connectivity index (χ1v) is 6.24. The maximum absolute atomic E-state index is 11.5. The third-order valence-corrected chi connectivity index (χ3v) is 3.26. The average molecular weight is 263 g/mol. The summed E-state index contributed by atoms with van der Waals surface area (Å²) < 4.78 is 4.78. The number of aliphatic carboxylic acids is 1. The fourth-order valence-corrected chi connectivity index (χ4v) is 2.03. The van der Waals surface area contributed by atoms with Crippen LogP contribution in [-0.2, 0) is 16.1 Å². The molecule has 0 saturated carbocycles. The zero-order valence-electron chi connectivity index (χ0n) is 11.0. The molecule has 102 valence electrons. The largest absolute Gasteiger partial charge is 0.480 e. The summed E-state index contributed by atoms with van der Waals surface area (Å²) in [6, 6.07) is 6.94. The standard InChI is InChI=1S/C14H17NO4/c1-9(2)11-5-3-10(4-6-11)7-15-12(13(16)17)8-19-14(15)18/h3-6,9,12H,7-8H2,1-2H3,(H,16,17). The van der Waals surface area contributed by atoms with Gasteiger partial charge in [0, 0.05) is 0 Å². The lowest BCUT2D eigenvalue weighted by Crippen LogP contribution is -2.38. The van der Waals surface area contributed by atoms with E-state index in [1.807, 2.05) is 24.3 Å². The van der Waals surface area contributed by atoms with Crippen LogP contribution < -0.4 is 0 Å². The van der Waals surface area contributed by atoms with E-state index < -0.39 is 18.1 Å². The van der Waals surface area contributed by atoms with Gasteiger partial charge in [0.05, 0.1) is 6.54 Å². The summed E-state index contributed by atoms with van der Waals surface area (Å²) in [7, 11) is 0. The van der Waals surface area contributed by atoms with Crippen molar-refractivity contribution in [2.24, 2.45) is 0 Å². The molecular weight excluding hydrogens is 246 g/mol. The third kappa shape index (κ3) is 2.86. The van der Waals surface area contributed by atoms with Crippen LogP contribution in [0.1, 0.15) is 30.9 Å². The molecule has 1 atom stereocenters. The second-order valence-corrected chi connectivity index (χ2v) is 4.96. The summed E-state index contributed by atoms with van der Waals surface area (Å²) >= 11 is 0. The van der Waals surface area contributed by atoms with Crippen molar-refractivity contribution < 1.29 is 19.4 Å². The number of benzene rings is 1. The summed E-state index contributed by atoms with van der Waals surface area (Å²) in [4.78, 5) is 23.8. The van der Waals surface area contributed by atoms with Crippen LogP contribution in [0.25, 0.3) is 0 Å². The molecule has 0 bridgehead atoms. The van der Waals surface area contributed by atoms with Crippen molar-refractivity contribution in [3.63, 3.8) is 0 Å². The van der Waals surface area contributed by atoms with Crippen LogP contribution in [0.4, 0.5) is 4.79 Å². The SMILES string of the molecule is CC(C)c1ccc(CN2C(=O)OCC2C(=O)O)cc1. The molecule has 5 heteroatoms. The zero-order valence-corrected chi connectivity index (χ0v) is 11.0. The maximum atomic E-state index is 11.5. The van der Waals surface area contributed by atoms with Gasteiger partial charge in [-0.25, -0.2) is 9.59 Å². The van der Waals surface area contributed by atoms with Crippen LogP contribution in [0.2, 0.25) is 0 Å². The van der Waals surface area contributed by atoms with Crippen LogP contribution in [0.5, 0.6) is 0 Å². The van der Waals surface area contributed by atoms with E-state index >= 15 is 0 Å². The van der Waals surface area contributed by atoms with Crippen molar-refractivity contribution in [2.45, 2.75) is 32.4 Å². The highest BCUT2D eigenvalue weighted by atomic mass is 16.6. The van der Waals surface area contributed by atoms with Gasteiger partial charge < -0.3 is 9.84 Å². The van der Waals surface area contributed by atoms with E-state index in [1.165, 1.54) is 10.5 Å². The number of hydrogen-bond donors (Lipinski definition) is 1. The number of carbonyl (C=O) groups is 2. The van der Waals surface area contributed by atoms with Crippen molar-refractivity contribution in [1.29, 1.82) is 0 Å². The van der Waals surface area contributed by atoms with Gasteiger partial charge in [0.2, 0.25) is 0 Å². The van der Waals surface area contributed by atoms with Gasteiger partial charge in [0.15, 0.2) is 6.04 Å². The highest BCUT2D eigenvalue weighted by Gasteiger charge is 2.37. The molecule has 1 N–H and O–H groups in total. The molecule has 0 aliphatic carbocycles. The lowest BCUT2D eigenvalue weighted by molar-refractivity contribution is -0.141. The number of nitrogens with zero attached hydrogens (tertiary/aromatic N) is 1. The van der Waals surface area contributed by atoms with Gasteiger partial charge in [-0.1, -0.05) is 38.1 Å². The van der Waals surface area contributed by atoms with E-state index in [0.29, 0.717) is 5.92 Å². The molecular formula is C14H17NO4. The Bertz CT molecular complexity index is 481. The number of carboxylic acid groups (broad SMARTS) is 1. The third-order valence-electron chi connectivity index (χ3n) is 3.26. The molecule has 0 spiro atoms. The van der Waals surface area contributed by atoms with Gasteiger partial charge in [0.25, 0.3) is 0 Å². The number of ether oxygens (including phenoxy) is 1. The van der Waals surface area contributed by atoms with Crippen molar-refractivity contribution in [1.82, 2.24) is 4.90 Å². The average Bonchev–Trinajstić information content (AvgIpc) is 2.72. The fraction of sp³-hybridized carbons (Fsp3) is 0.429. The lowest BCUT2D eigenvalue weighted by Gasteiger charge is -2.18. The van der Waals surface area contributed by atoms with E-state index in [1.54, 1.807) is 0 Å². The van der Waals surface area contributed by atoms with E-state index in [4.69, 9.17) is 9.84 Å². The maximum Gasteiger partial charge on any atom is 0.411 e. The van der Waals surface area contributed by atoms with Gasteiger partial charge in [-0.2, -0.15) is 0 Å². The lowest BCUT2D eigenvalue weighted by atomic mass is 10.0. The van der Waals surface area contributed by atoms with Crippen molar-refractivity contribution >= 4 is 12.1 Å². The Hall–Kier alpha value is -2.04. The van der Waals surface area contributed by atoms with Crippen LogP contribution in [0.3, 0.4) is 0 Å². The highest BCUT2D eigenvalue weighted by molar-refractivity contribution is 5.82. The molecule has 0 aromatic heterocycles. The molecule has 19 heavy (non-hydrogen) atoms. The summed E-state index contributed by atoms with van der Waals surface area (Å²) in [6.07, 6.45) is -0.569. The summed E-state index contributed by atoms with van der Waals surface area (Å²) in [5.41, 5.74) is 2.11. The predicted octanol–water partition coefficient (Wildman–Crippen LogP) is 2.22. The molecule has 1 saturated heterocycles. The molecule has 1 unspecified atom stereocenters. The zero-order chi connectivity index (χ0) is 14.0. The van der Waals surface area contributed by atoms with Crippen LogP contribution >= 0.6 is 0 Å². The van der Waals surface area contributed by atoms with Crippen LogP contribution in [-0.4, -0.2) is 34.7 Å². The van der Waals surface area contributed by atoms with Crippen molar-refractivity contribution in [2.75, 3.05) is 6.61 Å². The van der Waals surface area contributed by atoms with Crippen molar-refractivity contribution in [3.8, 4) is 0 Å². The first kappa shape index (κ1) is 13.4. The van der Waals surface area contributed by atoms with E-state index in [9.17, 15) is 9.59 Å². The Morgan fingerprint density at radius 3 is 2.58 bits per heavy atom. The van der Waals surface area contributed by atoms with E-state index in [2.05, 4.69) is 13.8 Å². The molecule has 1 fully saturated rings. The minimum Gasteiger partial charge on any atom is -0.480 e. The minimum atomic E-state index is -1.04. The molecule has 1 aliphatic rings. The molecule has 1 amide bonds. The number of carboxylic acids is 1. The summed E-state index contributed by atoms with van der Waals surface area (Å²) in [5, 5.41) is 9.02. The minimum absolute atomic E-state index is 0.0851. The Kier molecular flexibility index (Phi) is 3.74. The molecule has 2 rings (SSSR count).